The van der Waals surface area contributed by atoms with Crippen molar-refractivity contribution in [3.8, 4) is 0 Å². The molecular weight excluding hydrogens is 270 g/mol. The first-order chi connectivity index (χ1) is 9.75. The molecule has 1 fully saturated rings. The van der Waals surface area contributed by atoms with Gasteiger partial charge in [-0.25, -0.2) is 4.79 Å². The molecule has 2 rings (SSSR count). The molecule has 1 aliphatic rings. The van der Waals surface area contributed by atoms with Crippen LogP contribution in [0.4, 0.5) is 10.5 Å². The van der Waals surface area contributed by atoms with Crippen molar-refractivity contribution in [3.63, 3.8) is 0 Å². The standard InChI is InChI=1S/C15H19N3O3/c1-15(2,3)9-4-6-10(7-5-9)16-12(19)8-11-13(20)18-14(21)17-11/h4-7,11H,8H2,1-3H3,(H,16,19)(H2,17,18,20,21). The van der Waals surface area contributed by atoms with E-state index < -0.39 is 18.0 Å². The monoisotopic (exact) mass is 289 g/mol. The first kappa shape index (κ1) is 15.0. The number of benzene rings is 1. The highest BCUT2D eigenvalue weighted by Gasteiger charge is 2.31. The average molecular weight is 289 g/mol. The van der Waals surface area contributed by atoms with Crippen molar-refractivity contribution in [3.05, 3.63) is 29.8 Å². The van der Waals surface area contributed by atoms with Gasteiger partial charge in [0.2, 0.25) is 5.91 Å². The van der Waals surface area contributed by atoms with Crippen LogP contribution in [-0.2, 0) is 15.0 Å². The van der Waals surface area contributed by atoms with Gasteiger partial charge in [-0.2, -0.15) is 0 Å². The molecule has 0 spiro atoms. The van der Waals surface area contributed by atoms with Gasteiger partial charge in [0.05, 0.1) is 6.42 Å². The number of rotatable bonds is 3. The van der Waals surface area contributed by atoms with Gasteiger partial charge in [0, 0.05) is 5.69 Å². The molecule has 1 saturated heterocycles. The fourth-order valence-electron chi connectivity index (χ4n) is 2.05. The molecule has 1 aromatic rings. The van der Waals surface area contributed by atoms with E-state index in [1.165, 1.54) is 5.56 Å². The van der Waals surface area contributed by atoms with E-state index in [9.17, 15) is 14.4 Å². The molecule has 6 nitrogen and oxygen atoms in total. The molecule has 0 saturated carbocycles. The molecule has 0 bridgehead atoms. The Morgan fingerprint density at radius 2 is 1.81 bits per heavy atom. The van der Waals surface area contributed by atoms with Crippen molar-refractivity contribution in [2.45, 2.75) is 38.6 Å². The lowest BCUT2D eigenvalue weighted by Crippen LogP contribution is -2.33. The van der Waals surface area contributed by atoms with E-state index in [0.717, 1.165) is 0 Å². The fraction of sp³-hybridized carbons (Fsp3) is 0.400. The maximum absolute atomic E-state index is 11.9. The molecule has 1 aromatic carbocycles. The molecule has 6 heteroatoms. The molecule has 1 unspecified atom stereocenters. The predicted molar refractivity (Wildman–Crippen MR) is 78.9 cm³/mol. The van der Waals surface area contributed by atoms with Crippen LogP contribution in [0, 0.1) is 0 Å². The zero-order chi connectivity index (χ0) is 15.6. The number of carbonyl (C=O) groups excluding carboxylic acids is 3. The summed E-state index contributed by atoms with van der Waals surface area (Å²) in [5.41, 5.74) is 1.88. The minimum absolute atomic E-state index is 0.0504. The van der Waals surface area contributed by atoms with Crippen molar-refractivity contribution in [1.29, 1.82) is 0 Å². The third-order valence-electron chi connectivity index (χ3n) is 3.28. The van der Waals surface area contributed by atoms with Gasteiger partial charge in [0.15, 0.2) is 0 Å². The van der Waals surface area contributed by atoms with Gasteiger partial charge >= 0.3 is 6.03 Å². The van der Waals surface area contributed by atoms with Gasteiger partial charge in [0.1, 0.15) is 6.04 Å². The van der Waals surface area contributed by atoms with Gasteiger partial charge in [-0.1, -0.05) is 32.9 Å². The highest BCUT2D eigenvalue weighted by molar-refractivity contribution is 6.06. The Morgan fingerprint density at radius 3 is 2.29 bits per heavy atom. The predicted octanol–water partition coefficient (Wildman–Crippen LogP) is 1.52. The van der Waals surface area contributed by atoms with Gasteiger partial charge in [0.25, 0.3) is 5.91 Å². The number of amides is 4. The van der Waals surface area contributed by atoms with Crippen LogP contribution in [0.5, 0.6) is 0 Å². The van der Waals surface area contributed by atoms with Crippen molar-refractivity contribution in [2.75, 3.05) is 5.32 Å². The average Bonchev–Trinajstić information content (AvgIpc) is 2.67. The van der Waals surface area contributed by atoms with Crippen molar-refractivity contribution in [1.82, 2.24) is 10.6 Å². The fourth-order valence-corrected chi connectivity index (χ4v) is 2.05. The molecule has 112 valence electrons. The summed E-state index contributed by atoms with van der Waals surface area (Å²) < 4.78 is 0. The van der Waals surface area contributed by atoms with Gasteiger partial charge in [-0.05, 0) is 23.1 Å². The number of anilines is 1. The molecule has 1 aliphatic heterocycles. The van der Waals surface area contributed by atoms with E-state index in [1.807, 2.05) is 24.3 Å². The van der Waals surface area contributed by atoms with Gasteiger partial charge < -0.3 is 10.6 Å². The van der Waals surface area contributed by atoms with Crippen LogP contribution < -0.4 is 16.0 Å². The summed E-state index contributed by atoms with van der Waals surface area (Å²) >= 11 is 0. The number of hydrogen-bond acceptors (Lipinski definition) is 3. The molecule has 1 heterocycles. The highest BCUT2D eigenvalue weighted by atomic mass is 16.2. The van der Waals surface area contributed by atoms with Crippen LogP contribution in [0.1, 0.15) is 32.8 Å². The lowest BCUT2D eigenvalue weighted by molar-refractivity contribution is -0.124. The van der Waals surface area contributed by atoms with E-state index in [1.54, 1.807) is 0 Å². The third kappa shape index (κ3) is 3.81. The second-order valence-electron chi connectivity index (χ2n) is 6.09. The van der Waals surface area contributed by atoms with Crippen LogP contribution >= 0.6 is 0 Å². The molecule has 4 amide bonds. The Morgan fingerprint density at radius 1 is 1.19 bits per heavy atom. The maximum Gasteiger partial charge on any atom is 0.322 e. The number of carbonyl (C=O) groups is 3. The summed E-state index contributed by atoms with van der Waals surface area (Å²) in [5, 5.41) is 7.19. The van der Waals surface area contributed by atoms with Crippen LogP contribution in [0.25, 0.3) is 0 Å². The Hall–Kier alpha value is -2.37. The summed E-state index contributed by atoms with van der Waals surface area (Å²) in [6.07, 6.45) is -0.0847. The van der Waals surface area contributed by atoms with Crippen molar-refractivity contribution in [2.24, 2.45) is 0 Å². The number of imide groups is 1. The summed E-state index contributed by atoms with van der Waals surface area (Å²) in [5.74, 6) is -0.793. The molecule has 0 radical (unpaired) electrons. The number of hydrogen-bond donors (Lipinski definition) is 3. The molecule has 21 heavy (non-hydrogen) atoms. The van der Waals surface area contributed by atoms with Crippen molar-refractivity contribution < 1.29 is 14.4 Å². The smallest absolute Gasteiger partial charge is 0.322 e. The molecule has 0 aromatic heterocycles. The minimum atomic E-state index is -0.800. The Labute approximate surface area is 123 Å². The first-order valence-corrected chi connectivity index (χ1v) is 6.77. The topological polar surface area (TPSA) is 87.3 Å². The SMILES string of the molecule is CC(C)(C)c1ccc(NC(=O)CC2NC(=O)NC2=O)cc1. The number of urea groups is 1. The van der Waals surface area contributed by atoms with Crippen LogP contribution in [0.15, 0.2) is 24.3 Å². The lowest BCUT2D eigenvalue weighted by atomic mass is 9.87. The number of nitrogens with one attached hydrogen (secondary N) is 3. The lowest BCUT2D eigenvalue weighted by Gasteiger charge is -2.19. The Bertz CT molecular complexity index is 573. The summed E-state index contributed by atoms with van der Waals surface area (Å²) in [7, 11) is 0. The van der Waals surface area contributed by atoms with Crippen LogP contribution in [-0.4, -0.2) is 23.9 Å². The molecule has 0 aliphatic carbocycles. The van der Waals surface area contributed by atoms with E-state index >= 15 is 0 Å². The van der Waals surface area contributed by atoms with Crippen LogP contribution in [0.2, 0.25) is 0 Å². The van der Waals surface area contributed by atoms with E-state index in [2.05, 4.69) is 36.7 Å². The normalized spacial score (nSPS) is 18.1. The van der Waals surface area contributed by atoms with E-state index in [4.69, 9.17) is 0 Å². The van der Waals surface area contributed by atoms with Crippen LogP contribution in [0.3, 0.4) is 0 Å². The Kier molecular flexibility index (Phi) is 3.97. The summed E-state index contributed by atoms with van der Waals surface area (Å²) in [6.45, 7) is 6.34. The Balaban J connectivity index is 1.94. The quantitative estimate of drug-likeness (QED) is 0.737. The molecular formula is C15H19N3O3. The zero-order valence-electron chi connectivity index (χ0n) is 12.3. The van der Waals surface area contributed by atoms with E-state index in [0.29, 0.717) is 5.69 Å². The minimum Gasteiger partial charge on any atom is -0.326 e. The molecule has 3 N–H and O–H groups in total. The first-order valence-electron chi connectivity index (χ1n) is 6.77. The highest BCUT2D eigenvalue weighted by Crippen LogP contribution is 2.23. The van der Waals surface area contributed by atoms with E-state index in [-0.39, 0.29) is 17.7 Å². The largest absolute Gasteiger partial charge is 0.326 e. The van der Waals surface area contributed by atoms with Gasteiger partial charge in [-0.15, -0.1) is 0 Å². The molecule has 1 atom stereocenters. The summed E-state index contributed by atoms with van der Waals surface area (Å²) in [4.78, 5) is 34.2. The summed E-state index contributed by atoms with van der Waals surface area (Å²) in [6, 6.07) is 6.20. The maximum atomic E-state index is 11.9. The second kappa shape index (κ2) is 5.55. The second-order valence-corrected chi connectivity index (χ2v) is 6.09. The zero-order valence-corrected chi connectivity index (χ0v) is 12.3. The third-order valence-corrected chi connectivity index (χ3v) is 3.28. The van der Waals surface area contributed by atoms with Gasteiger partial charge in [-0.3, -0.25) is 14.9 Å². The van der Waals surface area contributed by atoms with Crippen molar-refractivity contribution >= 4 is 23.5 Å².